The van der Waals surface area contributed by atoms with Crippen molar-refractivity contribution in [3.8, 4) is 0 Å². The highest BCUT2D eigenvalue weighted by atomic mass is 17.3. The van der Waals surface area contributed by atoms with Gasteiger partial charge in [-0.05, 0) is 69.1 Å². The number of aryl methyl sites for hydroxylation is 2. The third-order valence-corrected chi connectivity index (χ3v) is 10.2. The molecule has 40 heavy (non-hydrogen) atoms. The number of fused-ring (bicyclic) bond motifs is 2. The van der Waals surface area contributed by atoms with Crippen LogP contribution in [0, 0.1) is 37.5 Å². The van der Waals surface area contributed by atoms with E-state index in [4.69, 9.17) is 24.0 Å². The van der Waals surface area contributed by atoms with Gasteiger partial charge in [-0.3, -0.25) is 9.59 Å². The van der Waals surface area contributed by atoms with Gasteiger partial charge < -0.3 is 24.0 Å². The molecule has 8 atom stereocenters. The molecule has 1 spiro atoms. The fourth-order valence-electron chi connectivity index (χ4n) is 7.82. The minimum Gasteiger partial charge on any atom is -0.435 e. The minimum atomic E-state index is -0.874. The van der Waals surface area contributed by atoms with Crippen LogP contribution in [0.4, 0.5) is 5.69 Å². The Morgan fingerprint density at radius 1 is 1.00 bits per heavy atom. The molecule has 3 unspecified atom stereocenters. The van der Waals surface area contributed by atoms with Gasteiger partial charge in [0, 0.05) is 56.5 Å². The van der Waals surface area contributed by atoms with Crippen molar-refractivity contribution in [1.82, 2.24) is 4.90 Å². The number of amides is 1. The summed E-state index contributed by atoms with van der Waals surface area (Å²) in [6.07, 6.45) is 2.46. The van der Waals surface area contributed by atoms with Gasteiger partial charge >= 0.3 is 5.97 Å². The lowest BCUT2D eigenvalue weighted by Crippen LogP contribution is -2.70. The summed E-state index contributed by atoms with van der Waals surface area (Å²) in [6.45, 7) is 13.3. The average molecular weight is 557 g/mol. The van der Waals surface area contributed by atoms with Crippen LogP contribution in [0.15, 0.2) is 18.2 Å². The molecule has 1 aliphatic carbocycles. The summed E-state index contributed by atoms with van der Waals surface area (Å²) < 4.78 is 18.6. The molecule has 9 nitrogen and oxygen atoms in total. The molecule has 1 aromatic rings. The first-order chi connectivity index (χ1) is 19.1. The number of rotatable bonds is 5. The number of nitrogens with zero attached hydrogens (tertiary/aromatic N) is 2. The van der Waals surface area contributed by atoms with Crippen molar-refractivity contribution in [3.05, 3.63) is 29.3 Å². The van der Waals surface area contributed by atoms with Crippen LogP contribution in [-0.4, -0.2) is 66.9 Å². The zero-order chi connectivity index (χ0) is 28.2. The molecule has 0 radical (unpaired) electrons. The molecule has 5 saturated heterocycles. The third kappa shape index (κ3) is 4.82. The smallest absolute Gasteiger partial charge is 0.308 e. The van der Waals surface area contributed by atoms with Crippen LogP contribution >= 0.6 is 0 Å². The molecule has 5 heterocycles. The van der Waals surface area contributed by atoms with E-state index in [-0.39, 0.29) is 36.5 Å². The summed E-state index contributed by atoms with van der Waals surface area (Å²) in [5, 5.41) is 0. The molecular weight excluding hydrogens is 512 g/mol. The molecule has 7 rings (SSSR count). The Morgan fingerprint density at radius 2 is 1.77 bits per heavy atom. The van der Waals surface area contributed by atoms with Crippen molar-refractivity contribution < 1.29 is 33.6 Å². The molecule has 0 N–H and O–H groups in total. The minimum absolute atomic E-state index is 0.0128. The van der Waals surface area contributed by atoms with Crippen LogP contribution in [0.25, 0.3) is 0 Å². The van der Waals surface area contributed by atoms with Crippen LogP contribution in [-0.2, 0) is 33.6 Å². The van der Waals surface area contributed by atoms with Gasteiger partial charge in [-0.1, -0.05) is 26.0 Å². The maximum absolute atomic E-state index is 13.0. The van der Waals surface area contributed by atoms with E-state index in [2.05, 4.69) is 50.8 Å². The maximum Gasteiger partial charge on any atom is 0.308 e. The van der Waals surface area contributed by atoms with E-state index in [0.717, 1.165) is 38.8 Å². The van der Waals surface area contributed by atoms with Gasteiger partial charge in [-0.2, -0.15) is 0 Å². The standard InChI is InChI=1S/C31H44N2O7/c1-19-6-7-21(3)25(18-19)32-14-16-33(17-15-32)26(34)10-11-27(35)36-28-22(4)24-9-8-20(2)23-12-13-30(5)38-29(37-28)31(23,24)40-39-30/h6-7,18,20,22-24,28-29H,8-17H2,1-5H3/t20-,22-,23?,24?,28-,29-,30?,31-/m1/s1. The molecule has 5 aliphatic heterocycles. The summed E-state index contributed by atoms with van der Waals surface area (Å²) in [5.74, 6) is -0.579. The number of esters is 1. The monoisotopic (exact) mass is 556 g/mol. The second-order valence-corrected chi connectivity index (χ2v) is 12.9. The van der Waals surface area contributed by atoms with Gasteiger partial charge in [0.05, 0.1) is 6.42 Å². The molecule has 1 aromatic carbocycles. The fraction of sp³-hybridized carbons (Fsp3) is 0.742. The van der Waals surface area contributed by atoms with E-state index in [9.17, 15) is 9.59 Å². The highest BCUT2D eigenvalue weighted by molar-refractivity contribution is 5.81. The molecule has 1 amide bonds. The van der Waals surface area contributed by atoms with Gasteiger partial charge in [0.1, 0.15) is 0 Å². The zero-order valence-corrected chi connectivity index (χ0v) is 24.5. The van der Waals surface area contributed by atoms with Crippen molar-refractivity contribution in [2.75, 3.05) is 31.1 Å². The average Bonchev–Trinajstić information content (AvgIpc) is 3.17. The summed E-state index contributed by atoms with van der Waals surface area (Å²) in [5.41, 5.74) is 3.02. The number of carbonyl (C=O) groups excluding carboxylic acids is 2. The number of hydrogen-bond acceptors (Lipinski definition) is 8. The lowest BCUT2D eigenvalue weighted by atomic mass is 9.58. The van der Waals surface area contributed by atoms with Crippen molar-refractivity contribution in [2.24, 2.45) is 23.7 Å². The Labute approximate surface area is 237 Å². The number of benzene rings is 1. The largest absolute Gasteiger partial charge is 0.435 e. The summed E-state index contributed by atoms with van der Waals surface area (Å²) in [4.78, 5) is 42.1. The Balaban J connectivity index is 1.04. The second-order valence-electron chi connectivity index (χ2n) is 12.9. The number of anilines is 1. The molecule has 0 aromatic heterocycles. The van der Waals surface area contributed by atoms with E-state index in [0.29, 0.717) is 19.0 Å². The normalized spacial score (nSPS) is 38.9. The van der Waals surface area contributed by atoms with E-state index in [1.807, 2.05) is 11.8 Å². The molecule has 9 heteroatoms. The van der Waals surface area contributed by atoms with Gasteiger partial charge in [0.2, 0.25) is 18.0 Å². The Kier molecular flexibility index (Phi) is 7.38. The van der Waals surface area contributed by atoms with Crippen LogP contribution in [0.2, 0.25) is 0 Å². The van der Waals surface area contributed by atoms with Crippen molar-refractivity contribution in [1.29, 1.82) is 0 Å². The van der Waals surface area contributed by atoms with E-state index < -0.39 is 29.9 Å². The van der Waals surface area contributed by atoms with Gasteiger partial charge in [0.15, 0.2) is 11.9 Å². The van der Waals surface area contributed by atoms with Gasteiger partial charge in [-0.15, -0.1) is 0 Å². The SMILES string of the molecule is Cc1ccc(C)c(N2CCN(C(=O)CCC(=O)O[C@@H]3O[C@@H]4OC5(C)CCC6[C@H](C)CCC([C@H]3C)[C@]64OO5)CC2)c1. The van der Waals surface area contributed by atoms with Crippen LogP contribution < -0.4 is 4.90 Å². The molecule has 2 bridgehead atoms. The maximum atomic E-state index is 13.0. The molecular formula is C31H44N2O7. The Bertz CT molecular complexity index is 1140. The number of carbonyl (C=O) groups is 2. The van der Waals surface area contributed by atoms with Gasteiger partial charge in [-0.25, -0.2) is 9.78 Å². The van der Waals surface area contributed by atoms with E-state index in [1.165, 1.54) is 16.8 Å². The van der Waals surface area contributed by atoms with Crippen molar-refractivity contribution >= 4 is 17.6 Å². The fourth-order valence-corrected chi connectivity index (χ4v) is 7.82. The molecule has 6 aliphatic rings. The summed E-state index contributed by atoms with van der Waals surface area (Å²) in [7, 11) is 0. The van der Waals surface area contributed by atoms with E-state index >= 15 is 0 Å². The van der Waals surface area contributed by atoms with Crippen molar-refractivity contribution in [3.63, 3.8) is 0 Å². The Morgan fingerprint density at radius 3 is 2.55 bits per heavy atom. The van der Waals surface area contributed by atoms with Gasteiger partial charge in [0.25, 0.3) is 0 Å². The molecule has 220 valence electrons. The topological polar surface area (TPSA) is 86.8 Å². The third-order valence-electron chi connectivity index (χ3n) is 10.2. The van der Waals surface area contributed by atoms with Crippen LogP contribution in [0.1, 0.15) is 70.4 Å². The Hall–Kier alpha value is -2.20. The molecule has 6 fully saturated rings. The molecule has 1 saturated carbocycles. The number of piperazine rings is 1. The lowest BCUT2D eigenvalue weighted by Gasteiger charge is -2.59. The first-order valence-electron chi connectivity index (χ1n) is 15.1. The predicted octanol–water partition coefficient (Wildman–Crippen LogP) is 4.48. The number of ether oxygens (including phenoxy) is 3. The quantitative estimate of drug-likeness (QED) is 0.388. The number of hydrogen-bond donors (Lipinski definition) is 0. The zero-order valence-electron chi connectivity index (χ0n) is 24.5. The first kappa shape index (κ1) is 27.9. The van der Waals surface area contributed by atoms with Crippen molar-refractivity contribution in [2.45, 2.75) is 97.1 Å². The van der Waals surface area contributed by atoms with Crippen LogP contribution in [0.3, 0.4) is 0 Å². The lowest BCUT2D eigenvalue weighted by molar-refractivity contribution is -0.576. The predicted molar refractivity (Wildman–Crippen MR) is 147 cm³/mol. The first-order valence-corrected chi connectivity index (χ1v) is 15.1. The second kappa shape index (κ2) is 10.6. The highest BCUT2D eigenvalue weighted by Crippen LogP contribution is 2.60. The van der Waals surface area contributed by atoms with Crippen LogP contribution in [0.5, 0.6) is 0 Å². The highest BCUT2D eigenvalue weighted by Gasteiger charge is 2.69. The summed E-state index contributed by atoms with van der Waals surface area (Å²) in [6, 6.07) is 6.47. The van der Waals surface area contributed by atoms with E-state index in [1.54, 1.807) is 0 Å². The summed E-state index contributed by atoms with van der Waals surface area (Å²) >= 11 is 0.